The molecule has 4 amide bonds. The van der Waals surface area contributed by atoms with Gasteiger partial charge in [-0.25, -0.2) is 9.78 Å². The minimum atomic E-state index is -0.890. The Morgan fingerprint density at radius 2 is 1.53 bits per heavy atom. The monoisotopic (exact) mass is 923 g/mol. The third-order valence-corrected chi connectivity index (χ3v) is 14.6. The zero-order chi connectivity index (χ0) is 47.5. The normalized spacial score (nSPS) is 17.8. The van der Waals surface area contributed by atoms with Gasteiger partial charge in [0.15, 0.2) is 0 Å². The van der Waals surface area contributed by atoms with E-state index in [0.717, 1.165) is 44.1 Å². The maximum Gasteiger partial charge on any atom is 0.407 e. The molecule has 0 saturated carbocycles. The Morgan fingerprint density at radius 1 is 0.879 bits per heavy atom. The van der Waals surface area contributed by atoms with Crippen molar-refractivity contribution in [3.63, 3.8) is 0 Å². The van der Waals surface area contributed by atoms with Crippen LogP contribution in [0.15, 0.2) is 85.1 Å². The molecule has 14 heteroatoms. The Balaban J connectivity index is 1.11. The first-order valence-electron chi connectivity index (χ1n) is 23.3. The zero-order valence-corrected chi connectivity index (χ0v) is 40.8. The maximum atomic E-state index is 14.5. The van der Waals surface area contributed by atoms with Crippen molar-refractivity contribution in [2.75, 3.05) is 41.5 Å². The summed E-state index contributed by atoms with van der Waals surface area (Å²) in [5.41, 5.74) is 5.53. The zero-order valence-electron chi connectivity index (χ0n) is 40.0. The molecule has 0 spiro atoms. The van der Waals surface area contributed by atoms with E-state index in [9.17, 15) is 19.2 Å². The van der Waals surface area contributed by atoms with Crippen LogP contribution in [0.4, 0.5) is 4.79 Å². The molecule has 0 bridgehead atoms. The third-order valence-electron chi connectivity index (χ3n) is 13.6. The van der Waals surface area contributed by atoms with E-state index in [1.807, 2.05) is 94.1 Å². The van der Waals surface area contributed by atoms with Crippen LogP contribution >= 0.6 is 11.3 Å². The number of amides is 4. The molecule has 66 heavy (non-hydrogen) atoms. The van der Waals surface area contributed by atoms with Gasteiger partial charge >= 0.3 is 6.09 Å². The average Bonchev–Trinajstić information content (AvgIpc) is 4.08. The first-order valence-corrected chi connectivity index (χ1v) is 24.1. The molecule has 356 valence electrons. The van der Waals surface area contributed by atoms with Gasteiger partial charge in [-0.2, -0.15) is 0 Å². The summed E-state index contributed by atoms with van der Waals surface area (Å²) < 4.78 is 23.4. The number of hydrogen-bond acceptors (Lipinski definition) is 10. The molecule has 6 rings (SSSR count). The fourth-order valence-electron chi connectivity index (χ4n) is 9.85. The van der Waals surface area contributed by atoms with E-state index in [2.05, 4.69) is 39.9 Å². The molecule has 2 aliphatic rings. The van der Waals surface area contributed by atoms with Crippen LogP contribution in [0.25, 0.3) is 11.1 Å². The lowest BCUT2D eigenvalue weighted by molar-refractivity contribution is -0.147. The maximum absolute atomic E-state index is 14.5. The Kier molecular flexibility index (Phi) is 17.9. The van der Waals surface area contributed by atoms with Gasteiger partial charge in [-0.1, -0.05) is 120 Å². The van der Waals surface area contributed by atoms with E-state index >= 15 is 0 Å². The number of fused-ring (bicyclic) bond motifs is 3. The number of nitrogens with one attached hydrogen (secondary N) is 2. The van der Waals surface area contributed by atoms with Crippen LogP contribution in [0.5, 0.6) is 0 Å². The molecule has 1 aromatic heterocycles. The van der Waals surface area contributed by atoms with Gasteiger partial charge in [-0.05, 0) is 58.9 Å². The summed E-state index contributed by atoms with van der Waals surface area (Å²) in [6, 6.07) is 24.2. The van der Waals surface area contributed by atoms with Gasteiger partial charge in [-0.15, -0.1) is 11.3 Å². The van der Waals surface area contributed by atoms with Crippen LogP contribution in [0.2, 0.25) is 0 Å². The summed E-state index contributed by atoms with van der Waals surface area (Å²) in [7, 11) is 6.52. The van der Waals surface area contributed by atoms with Crippen LogP contribution in [-0.4, -0.2) is 110 Å². The van der Waals surface area contributed by atoms with Gasteiger partial charge in [0.05, 0.1) is 54.2 Å². The highest BCUT2D eigenvalue weighted by molar-refractivity contribution is 7.11. The molecule has 0 radical (unpaired) electrons. The second-order valence-corrected chi connectivity index (χ2v) is 19.3. The van der Waals surface area contributed by atoms with Crippen molar-refractivity contribution in [3.05, 3.63) is 112 Å². The number of rotatable bonds is 22. The van der Waals surface area contributed by atoms with E-state index < -0.39 is 36.3 Å². The number of benzene rings is 3. The highest BCUT2D eigenvalue weighted by atomic mass is 32.1. The van der Waals surface area contributed by atoms with Crippen molar-refractivity contribution >= 4 is 35.2 Å². The molecule has 2 N–H and O–H groups in total. The van der Waals surface area contributed by atoms with Gasteiger partial charge in [-0.3, -0.25) is 14.4 Å². The first kappa shape index (κ1) is 50.3. The molecule has 4 aromatic rings. The molecule has 3 aromatic carbocycles. The number of aromatic nitrogens is 1. The smallest absolute Gasteiger partial charge is 0.407 e. The summed E-state index contributed by atoms with van der Waals surface area (Å²) >= 11 is 1.51. The molecule has 8 atom stereocenters. The van der Waals surface area contributed by atoms with Crippen LogP contribution < -0.4 is 10.6 Å². The van der Waals surface area contributed by atoms with Gasteiger partial charge in [0.25, 0.3) is 0 Å². The minimum Gasteiger partial charge on any atom is -0.449 e. The summed E-state index contributed by atoms with van der Waals surface area (Å²) in [5.74, 6) is -1.67. The SMILES string of the molecule is CC[C@H](C)[C@@H]([C@@H](CC(=O)N1CCC[C@H]1[C@H](OC)[C@@H](C)C(=O)NC(Cc1ccccc1)c1ncc(COC)s1)OC)N(C)C(=O)[C@@H](NC(=O)OCC1c2ccccc2-c2ccccc21)C(C)C. The second-order valence-electron chi connectivity index (χ2n) is 18.1. The Hall–Kier alpha value is -5.15. The molecular formula is C52H69N5O8S. The molecule has 1 fully saturated rings. The highest BCUT2D eigenvalue weighted by Gasteiger charge is 2.43. The number of likely N-dealkylation sites (tertiary alicyclic amines) is 1. The van der Waals surface area contributed by atoms with Crippen LogP contribution in [0.3, 0.4) is 0 Å². The van der Waals surface area contributed by atoms with Crippen molar-refractivity contribution in [3.8, 4) is 11.1 Å². The summed E-state index contributed by atoms with van der Waals surface area (Å²) in [4.78, 5) is 65.7. The Bertz CT molecular complexity index is 2190. The molecule has 1 saturated heterocycles. The number of alkyl carbamates (subject to hydrolysis) is 1. The topological polar surface area (TPSA) is 149 Å². The molecule has 2 heterocycles. The number of thiazole rings is 1. The molecule has 1 aliphatic carbocycles. The fraction of sp³-hybridized carbons (Fsp3) is 0.519. The van der Waals surface area contributed by atoms with E-state index in [0.29, 0.717) is 32.4 Å². The van der Waals surface area contributed by atoms with Gasteiger partial charge in [0, 0.05) is 47.0 Å². The van der Waals surface area contributed by atoms with Crippen molar-refractivity contribution in [2.45, 2.75) is 116 Å². The number of methoxy groups -OCH3 is 3. The predicted molar refractivity (Wildman–Crippen MR) is 257 cm³/mol. The quantitative estimate of drug-likeness (QED) is 0.0797. The summed E-state index contributed by atoms with van der Waals surface area (Å²) in [5, 5.41) is 6.94. The third kappa shape index (κ3) is 11.7. The van der Waals surface area contributed by atoms with Crippen LogP contribution in [-0.2, 0) is 46.4 Å². The average molecular weight is 924 g/mol. The van der Waals surface area contributed by atoms with E-state index in [1.54, 1.807) is 39.5 Å². The summed E-state index contributed by atoms with van der Waals surface area (Å²) in [6.07, 6.45) is 2.58. The van der Waals surface area contributed by atoms with Crippen molar-refractivity contribution in [1.29, 1.82) is 0 Å². The van der Waals surface area contributed by atoms with E-state index in [1.165, 1.54) is 11.3 Å². The molecule has 13 nitrogen and oxygen atoms in total. The van der Waals surface area contributed by atoms with E-state index in [-0.39, 0.29) is 60.6 Å². The minimum absolute atomic E-state index is 0.00972. The number of nitrogens with zero attached hydrogens (tertiary/aromatic N) is 3. The second kappa shape index (κ2) is 23.5. The van der Waals surface area contributed by atoms with Crippen LogP contribution in [0, 0.1) is 17.8 Å². The Morgan fingerprint density at radius 3 is 2.14 bits per heavy atom. The lowest BCUT2D eigenvalue weighted by atomic mass is 9.89. The number of ether oxygens (including phenoxy) is 4. The highest BCUT2D eigenvalue weighted by Crippen LogP contribution is 2.44. The predicted octanol–water partition coefficient (Wildman–Crippen LogP) is 8.17. The van der Waals surface area contributed by atoms with Crippen molar-refractivity contribution in [1.82, 2.24) is 25.4 Å². The largest absolute Gasteiger partial charge is 0.449 e. The fourth-order valence-corrected chi connectivity index (χ4v) is 10.8. The Labute approximate surface area is 394 Å². The number of carbonyl (C=O) groups excluding carboxylic acids is 4. The number of carbonyl (C=O) groups is 4. The number of hydrogen-bond donors (Lipinski definition) is 2. The molecular weight excluding hydrogens is 855 g/mol. The summed E-state index contributed by atoms with van der Waals surface area (Å²) in [6.45, 7) is 10.8. The van der Waals surface area contributed by atoms with Gasteiger partial charge in [0.2, 0.25) is 17.7 Å². The van der Waals surface area contributed by atoms with Gasteiger partial charge in [0.1, 0.15) is 17.7 Å². The molecule has 1 aliphatic heterocycles. The molecule has 1 unspecified atom stereocenters. The lowest BCUT2D eigenvalue weighted by Crippen LogP contribution is -2.58. The number of likely N-dealkylation sites (N-methyl/N-ethyl adjacent to an activating group) is 1. The van der Waals surface area contributed by atoms with Crippen LogP contribution in [0.1, 0.15) is 98.8 Å². The standard InChI is InChI=1S/C52H69N5O8S/c1-10-33(4)47(56(6)51(60)46(32(2)3)55-52(61)65-31-41-39-23-16-14-21-37(39)38-22-15-17-24-40(38)41)44(63-8)28-45(58)57-26-18-25-43(57)48(64-9)34(5)49(59)54-42(27-35-19-12-11-13-20-35)50-53-29-36(66-50)30-62-7/h11-17,19-24,29,32-34,41-44,46-48H,10,18,25-28,30-31H2,1-9H3,(H,54,59)(H,55,61)/t33-,34+,42?,43-,44+,46-,47-,48+/m0/s1. The van der Waals surface area contributed by atoms with Crippen molar-refractivity contribution in [2.24, 2.45) is 17.8 Å². The van der Waals surface area contributed by atoms with E-state index in [4.69, 9.17) is 18.9 Å². The first-order chi connectivity index (χ1) is 31.8. The van der Waals surface area contributed by atoms with Gasteiger partial charge < -0.3 is 39.4 Å². The van der Waals surface area contributed by atoms with Crippen molar-refractivity contribution < 1.29 is 38.1 Å². The lowest BCUT2D eigenvalue weighted by Gasteiger charge is -2.40.